The van der Waals surface area contributed by atoms with E-state index in [-0.39, 0.29) is 5.56 Å². The van der Waals surface area contributed by atoms with Crippen LogP contribution in [0.5, 0.6) is 0 Å². The van der Waals surface area contributed by atoms with Gasteiger partial charge in [-0.3, -0.25) is 9.78 Å². The molecule has 0 atom stereocenters. The first-order valence-corrected chi connectivity index (χ1v) is 8.18. The van der Waals surface area contributed by atoms with Crippen molar-refractivity contribution in [2.24, 2.45) is 0 Å². The molecular formula is C19H18N4O. The van der Waals surface area contributed by atoms with Crippen LogP contribution in [0.2, 0.25) is 0 Å². The summed E-state index contributed by atoms with van der Waals surface area (Å²) in [6, 6.07) is 11.8. The van der Waals surface area contributed by atoms with E-state index in [1.54, 1.807) is 6.20 Å². The number of nitrogens with zero attached hydrogens (tertiary/aromatic N) is 3. The highest BCUT2D eigenvalue weighted by Crippen LogP contribution is 2.19. The molecule has 0 spiro atoms. The van der Waals surface area contributed by atoms with Gasteiger partial charge in [-0.05, 0) is 30.0 Å². The van der Waals surface area contributed by atoms with E-state index < -0.39 is 0 Å². The van der Waals surface area contributed by atoms with Crippen LogP contribution in [0, 0.1) is 0 Å². The van der Waals surface area contributed by atoms with Gasteiger partial charge in [0.05, 0.1) is 5.39 Å². The molecule has 4 rings (SSSR count). The second kappa shape index (κ2) is 6.28. The molecular weight excluding hydrogens is 300 g/mol. The van der Waals surface area contributed by atoms with E-state index >= 15 is 0 Å². The number of pyridine rings is 1. The Bertz CT molecular complexity index is 940. The van der Waals surface area contributed by atoms with Crippen molar-refractivity contribution in [2.45, 2.75) is 12.8 Å². The first kappa shape index (κ1) is 14.6. The summed E-state index contributed by atoms with van der Waals surface area (Å²) in [7, 11) is 0. The van der Waals surface area contributed by atoms with E-state index in [0.717, 1.165) is 37.1 Å². The molecule has 3 aromatic rings. The van der Waals surface area contributed by atoms with Crippen molar-refractivity contribution in [1.82, 2.24) is 15.0 Å². The Labute approximate surface area is 139 Å². The third kappa shape index (κ3) is 2.80. The van der Waals surface area contributed by atoms with Crippen molar-refractivity contribution in [3.05, 3.63) is 64.1 Å². The molecule has 120 valence electrons. The zero-order valence-electron chi connectivity index (χ0n) is 13.3. The molecule has 0 saturated carbocycles. The van der Waals surface area contributed by atoms with Crippen LogP contribution in [0.3, 0.4) is 0 Å². The van der Waals surface area contributed by atoms with Gasteiger partial charge in [0.25, 0.3) is 5.56 Å². The molecule has 1 aliphatic heterocycles. The van der Waals surface area contributed by atoms with E-state index in [2.05, 4.69) is 19.9 Å². The monoisotopic (exact) mass is 318 g/mol. The molecule has 1 saturated heterocycles. The summed E-state index contributed by atoms with van der Waals surface area (Å²) >= 11 is 0. The molecule has 0 aliphatic carbocycles. The third-order valence-electron chi connectivity index (χ3n) is 4.29. The van der Waals surface area contributed by atoms with Gasteiger partial charge in [0, 0.05) is 19.3 Å². The van der Waals surface area contributed by atoms with Gasteiger partial charge in [0.2, 0.25) is 5.95 Å². The number of rotatable bonds is 3. The minimum Gasteiger partial charge on any atom is -0.342 e. The van der Waals surface area contributed by atoms with E-state index in [1.165, 1.54) is 0 Å². The number of H-pyrrole nitrogens is 1. The van der Waals surface area contributed by atoms with Gasteiger partial charge in [-0.1, -0.05) is 42.5 Å². The zero-order valence-corrected chi connectivity index (χ0v) is 13.3. The molecule has 5 heteroatoms. The molecule has 1 fully saturated rings. The summed E-state index contributed by atoms with van der Waals surface area (Å²) in [4.78, 5) is 26.5. The highest BCUT2D eigenvalue weighted by atomic mass is 16.1. The summed E-state index contributed by atoms with van der Waals surface area (Å²) in [5.74, 6) is 0.627. The fourth-order valence-corrected chi connectivity index (χ4v) is 3.04. The Morgan fingerprint density at radius 3 is 2.62 bits per heavy atom. The van der Waals surface area contributed by atoms with Gasteiger partial charge in [-0.2, -0.15) is 4.98 Å². The molecule has 1 aromatic carbocycles. The Balaban J connectivity index is 1.77. The first-order valence-electron chi connectivity index (χ1n) is 8.18. The number of anilines is 1. The second-order valence-electron chi connectivity index (χ2n) is 5.93. The van der Waals surface area contributed by atoms with Gasteiger partial charge in [0.1, 0.15) is 0 Å². The zero-order chi connectivity index (χ0) is 16.4. The molecule has 3 heterocycles. The van der Waals surface area contributed by atoms with Crippen molar-refractivity contribution < 1.29 is 0 Å². The van der Waals surface area contributed by atoms with Crippen LogP contribution >= 0.6 is 0 Å². The lowest BCUT2D eigenvalue weighted by Gasteiger charge is -2.15. The number of nitrogens with one attached hydrogen (secondary N) is 1. The SMILES string of the molecule is O=c1[nH]c(N2CCCC2)nc2nccc(C=Cc3ccccc3)c12. The quantitative estimate of drug-likeness (QED) is 0.806. The molecule has 2 aromatic heterocycles. The Kier molecular flexibility index (Phi) is 3.83. The van der Waals surface area contributed by atoms with Crippen molar-refractivity contribution >= 4 is 29.1 Å². The molecule has 0 unspecified atom stereocenters. The summed E-state index contributed by atoms with van der Waals surface area (Å²) in [5, 5.41) is 0.535. The molecule has 1 aliphatic rings. The summed E-state index contributed by atoms with van der Waals surface area (Å²) in [6.07, 6.45) is 7.89. The lowest BCUT2D eigenvalue weighted by atomic mass is 10.1. The third-order valence-corrected chi connectivity index (χ3v) is 4.29. The van der Waals surface area contributed by atoms with E-state index in [0.29, 0.717) is 17.0 Å². The largest absolute Gasteiger partial charge is 0.342 e. The number of benzene rings is 1. The van der Waals surface area contributed by atoms with Gasteiger partial charge >= 0.3 is 0 Å². The standard InChI is InChI=1S/C19H18N4O/c24-18-16-15(9-8-14-6-2-1-3-7-14)10-11-20-17(16)21-19(22-18)23-12-4-5-13-23/h1-3,6-11H,4-5,12-13H2,(H,20,21,22,24). The molecule has 0 radical (unpaired) electrons. The fraction of sp³-hybridized carbons (Fsp3) is 0.211. The number of fused-ring (bicyclic) bond motifs is 1. The van der Waals surface area contributed by atoms with Crippen LogP contribution in [0.25, 0.3) is 23.2 Å². The minimum atomic E-state index is -0.136. The van der Waals surface area contributed by atoms with Crippen molar-refractivity contribution in [3.8, 4) is 0 Å². The van der Waals surface area contributed by atoms with Gasteiger partial charge in [-0.25, -0.2) is 4.98 Å². The molecule has 24 heavy (non-hydrogen) atoms. The number of aromatic nitrogens is 3. The highest BCUT2D eigenvalue weighted by Gasteiger charge is 2.16. The van der Waals surface area contributed by atoms with Crippen LogP contribution < -0.4 is 10.5 Å². The Hall–Kier alpha value is -2.95. The van der Waals surface area contributed by atoms with Gasteiger partial charge in [-0.15, -0.1) is 0 Å². The lowest BCUT2D eigenvalue weighted by Crippen LogP contribution is -2.24. The Morgan fingerprint density at radius 2 is 1.83 bits per heavy atom. The molecule has 0 bridgehead atoms. The number of hydrogen-bond acceptors (Lipinski definition) is 4. The normalized spacial score (nSPS) is 14.8. The summed E-state index contributed by atoms with van der Waals surface area (Å²) in [6.45, 7) is 1.87. The average Bonchev–Trinajstić information content (AvgIpc) is 3.15. The maximum absolute atomic E-state index is 12.6. The van der Waals surface area contributed by atoms with E-state index in [9.17, 15) is 4.79 Å². The lowest BCUT2D eigenvalue weighted by molar-refractivity contribution is 0.897. The van der Waals surface area contributed by atoms with Crippen LogP contribution in [-0.2, 0) is 0 Å². The molecule has 1 N–H and O–H groups in total. The number of aromatic amines is 1. The summed E-state index contributed by atoms with van der Waals surface area (Å²) < 4.78 is 0. The van der Waals surface area contributed by atoms with Gasteiger partial charge in [0.15, 0.2) is 5.65 Å². The second-order valence-corrected chi connectivity index (χ2v) is 5.93. The predicted molar refractivity (Wildman–Crippen MR) is 97.0 cm³/mol. The average molecular weight is 318 g/mol. The van der Waals surface area contributed by atoms with E-state index in [4.69, 9.17) is 0 Å². The molecule has 0 amide bonds. The van der Waals surface area contributed by atoms with Crippen molar-refractivity contribution in [3.63, 3.8) is 0 Å². The number of hydrogen-bond donors (Lipinski definition) is 1. The van der Waals surface area contributed by atoms with Crippen LogP contribution in [-0.4, -0.2) is 28.0 Å². The van der Waals surface area contributed by atoms with Crippen LogP contribution in [0.1, 0.15) is 24.0 Å². The van der Waals surface area contributed by atoms with Crippen LogP contribution in [0.4, 0.5) is 5.95 Å². The summed E-state index contributed by atoms with van der Waals surface area (Å²) in [5.41, 5.74) is 2.27. The maximum atomic E-state index is 12.6. The first-order chi connectivity index (χ1) is 11.8. The Morgan fingerprint density at radius 1 is 1.04 bits per heavy atom. The smallest absolute Gasteiger partial charge is 0.262 e. The maximum Gasteiger partial charge on any atom is 0.262 e. The highest BCUT2D eigenvalue weighted by molar-refractivity contribution is 5.88. The van der Waals surface area contributed by atoms with E-state index in [1.807, 2.05) is 48.6 Å². The molecule has 5 nitrogen and oxygen atoms in total. The van der Waals surface area contributed by atoms with Crippen molar-refractivity contribution in [2.75, 3.05) is 18.0 Å². The van der Waals surface area contributed by atoms with Gasteiger partial charge < -0.3 is 4.90 Å². The van der Waals surface area contributed by atoms with Crippen molar-refractivity contribution in [1.29, 1.82) is 0 Å². The topological polar surface area (TPSA) is 61.9 Å². The van der Waals surface area contributed by atoms with Crippen LogP contribution in [0.15, 0.2) is 47.4 Å². The fourth-order valence-electron chi connectivity index (χ4n) is 3.04. The predicted octanol–water partition coefficient (Wildman–Crippen LogP) is 3.09. The minimum absolute atomic E-state index is 0.136.